The summed E-state index contributed by atoms with van der Waals surface area (Å²) in [6, 6.07) is 5.40. The van der Waals surface area contributed by atoms with Crippen LogP contribution in [0.5, 0.6) is 0 Å². The predicted molar refractivity (Wildman–Crippen MR) is 120 cm³/mol. The fraction of sp³-hybridized carbons (Fsp3) is 0.348. The van der Waals surface area contributed by atoms with Crippen LogP contribution >= 0.6 is 0 Å². The molecular weight excluding hydrogens is 445 g/mol. The Labute approximate surface area is 193 Å². The molecule has 11 heteroatoms. The summed E-state index contributed by atoms with van der Waals surface area (Å²) in [7, 11) is 0. The van der Waals surface area contributed by atoms with Gasteiger partial charge >= 0.3 is 6.18 Å². The third kappa shape index (κ3) is 4.13. The summed E-state index contributed by atoms with van der Waals surface area (Å²) in [5.41, 5.74) is 1.87. The van der Waals surface area contributed by atoms with E-state index >= 15 is 0 Å². The molecule has 0 saturated heterocycles. The van der Waals surface area contributed by atoms with E-state index in [0.29, 0.717) is 11.7 Å². The van der Waals surface area contributed by atoms with Gasteiger partial charge in [-0.05, 0) is 51.7 Å². The van der Waals surface area contributed by atoms with Gasteiger partial charge < -0.3 is 5.32 Å². The van der Waals surface area contributed by atoms with Gasteiger partial charge in [-0.1, -0.05) is 0 Å². The Kier molecular flexibility index (Phi) is 5.34. The highest BCUT2D eigenvalue weighted by Crippen LogP contribution is 2.36. The Morgan fingerprint density at radius 1 is 1.06 bits per heavy atom. The van der Waals surface area contributed by atoms with E-state index < -0.39 is 11.7 Å². The van der Waals surface area contributed by atoms with Gasteiger partial charge in [0.25, 0.3) is 0 Å². The second-order valence-corrected chi connectivity index (χ2v) is 8.53. The number of rotatable bonds is 6. The number of alkyl halides is 3. The molecule has 5 rings (SSSR count). The fourth-order valence-electron chi connectivity index (χ4n) is 4.10. The first-order valence-electron chi connectivity index (χ1n) is 10.9. The Morgan fingerprint density at radius 3 is 2.44 bits per heavy atom. The molecule has 8 nitrogen and oxygen atoms in total. The Balaban J connectivity index is 1.52. The van der Waals surface area contributed by atoms with Crippen molar-refractivity contribution in [1.29, 1.82) is 0 Å². The lowest BCUT2D eigenvalue weighted by atomic mass is 10.1. The number of nitrogens with one attached hydrogen (secondary N) is 1. The molecule has 0 amide bonds. The average Bonchev–Trinajstić information content (AvgIpc) is 3.49. The second-order valence-electron chi connectivity index (χ2n) is 8.53. The van der Waals surface area contributed by atoms with Crippen molar-refractivity contribution in [1.82, 2.24) is 34.5 Å². The highest BCUT2D eigenvalue weighted by molar-refractivity contribution is 5.71. The predicted octanol–water partition coefficient (Wildman–Crippen LogP) is 5.02. The number of anilines is 2. The lowest BCUT2D eigenvalue weighted by Crippen LogP contribution is -2.10. The SMILES string of the molecule is Cc1nn(-c2cc(Nc3c(C)c(-c4ccncc4)nn3CC3CC3)ncn2)c(C)c1C(F)(F)F. The lowest BCUT2D eigenvalue weighted by Gasteiger charge is -2.11. The second kappa shape index (κ2) is 8.23. The zero-order valence-corrected chi connectivity index (χ0v) is 18.9. The number of aryl methyl sites for hydroxylation is 1. The smallest absolute Gasteiger partial charge is 0.325 e. The van der Waals surface area contributed by atoms with Gasteiger partial charge in [-0.25, -0.2) is 19.3 Å². The van der Waals surface area contributed by atoms with Crippen LogP contribution in [0.25, 0.3) is 17.1 Å². The zero-order chi connectivity index (χ0) is 24.0. The summed E-state index contributed by atoms with van der Waals surface area (Å²) >= 11 is 0. The largest absolute Gasteiger partial charge is 0.419 e. The molecule has 1 N–H and O–H groups in total. The zero-order valence-electron chi connectivity index (χ0n) is 18.9. The molecular formula is C23H23F3N8. The number of hydrogen-bond acceptors (Lipinski definition) is 6. The highest BCUT2D eigenvalue weighted by atomic mass is 19.4. The molecule has 4 aromatic heterocycles. The summed E-state index contributed by atoms with van der Waals surface area (Å²) < 4.78 is 43.4. The molecule has 1 aliphatic rings. The number of aromatic nitrogens is 7. The summed E-state index contributed by atoms with van der Waals surface area (Å²) in [4.78, 5) is 12.5. The molecule has 0 unspecified atom stereocenters. The lowest BCUT2D eigenvalue weighted by molar-refractivity contribution is -0.138. The van der Waals surface area contributed by atoms with Gasteiger partial charge in [0.1, 0.15) is 18.0 Å². The van der Waals surface area contributed by atoms with E-state index in [-0.39, 0.29) is 17.2 Å². The van der Waals surface area contributed by atoms with E-state index in [9.17, 15) is 13.2 Å². The van der Waals surface area contributed by atoms with E-state index in [1.807, 2.05) is 23.7 Å². The number of pyridine rings is 1. The van der Waals surface area contributed by atoms with Crippen LogP contribution < -0.4 is 5.32 Å². The molecule has 1 aliphatic carbocycles. The maximum atomic E-state index is 13.4. The van der Waals surface area contributed by atoms with Crippen LogP contribution in [0.15, 0.2) is 36.9 Å². The molecule has 0 aliphatic heterocycles. The molecule has 0 spiro atoms. The normalized spacial score (nSPS) is 13.9. The summed E-state index contributed by atoms with van der Waals surface area (Å²) in [6.07, 6.45) is 2.60. The van der Waals surface area contributed by atoms with E-state index in [2.05, 4.69) is 25.4 Å². The molecule has 0 atom stereocenters. The third-order valence-electron chi connectivity index (χ3n) is 5.96. The monoisotopic (exact) mass is 468 g/mol. The van der Waals surface area contributed by atoms with Gasteiger partial charge in [0, 0.05) is 36.1 Å². The Morgan fingerprint density at radius 2 is 1.79 bits per heavy atom. The van der Waals surface area contributed by atoms with Crippen LogP contribution in [0.4, 0.5) is 24.8 Å². The van der Waals surface area contributed by atoms with Crippen molar-refractivity contribution in [2.24, 2.45) is 5.92 Å². The van der Waals surface area contributed by atoms with Crippen molar-refractivity contribution < 1.29 is 13.2 Å². The number of halogens is 3. The molecule has 0 bridgehead atoms. The summed E-state index contributed by atoms with van der Waals surface area (Å²) in [5.74, 6) is 2.05. The molecule has 34 heavy (non-hydrogen) atoms. The minimum atomic E-state index is -4.49. The third-order valence-corrected chi connectivity index (χ3v) is 5.96. The van der Waals surface area contributed by atoms with Crippen LogP contribution in [-0.2, 0) is 12.7 Å². The van der Waals surface area contributed by atoms with Crippen molar-refractivity contribution in [3.05, 3.63) is 59.4 Å². The van der Waals surface area contributed by atoms with E-state index in [1.165, 1.54) is 37.7 Å². The van der Waals surface area contributed by atoms with Crippen molar-refractivity contribution in [2.75, 3.05) is 5.32 Å². The molecule has 4 heterocycles. The number of nitrogens with zero attached hydrogens (tertiary/aromatic N) is 7. The van der Waals surface area contributed by atoms with Crippen LogP contribution in [-0.4, -0.2) is 34.5 Å². The van der Waals surface area contributed by atoms with Gasteiger partial charge in [-0.3, -0.25) is 4.98 Å². The maximum absolute atomic E-state index is 13.4. The van der Waals surface area contributed by atoms with Crippen molar-refractivity contribution in [3.8, 4) is 17.1 Å². The van der Waals surface area contributed by atoms with Crippen LogP contribution in [0.3, 0.4) is 0 Å². The molecule has 176 valence electrons. The van der Waals surface area contributed by atoms with Crippen LogP contribution in [0.2, 0.25) is 0 Å². The Bertz CT molecular complexity index is 1340. The highest BCUT2D eigenvalue weighted by Gasteiger charge is 2.37. The van der Waals surface area contributed by atoms with Crippen molar-refractivity contribution >= 4 is 11.6 Å². The summed E-state index contributed by atoms with van der Waals surface area (Å²) in [6.45, 7) is 5.48. The van der Waals surface area contributed by atoms with Crippen LogP contribution in [0, 0.1) is 26.7 Å². The van der Waals surface area contributed by atoms with Gasteiger partial charge in [0.2, 0.25) is 0 Å². The standard InChI is InChI=1S/C23H23F3N8/c1-13-21(17-6-8-27-9-7-17)32-33(11-16-4-5-16)22(13)30-18-10-19(29-12-28-18)34-15(3)20(14(2)31-34)23(24,25)26/h6-10,12,16H,4-5,11H2,1-3H3,(H,28,29,30). The van der Waals surface area contributed by atoms with Crippen molar-refractivity contribution in [3.63, 3.8) is 0 Å². The minimum Gasteiger partial charge on any atom is -0.325 e. The minimum absolute atomic E-state index is 0.0235. The molecule has 1 saturated carbocycles. The first kappa shape index (κ1) is 22.1. The molecule has 1 fully saturated rings. The Hall–Kier alpha value is -3.76. The van der Waals surface area contributed by atoms with Gasteiger partial charge in [0.05, 0.1) is 22.6 Å². The summed E-state index contributed by atoms with van der Waals surface area (Å²) in [5, 5.41) is 12.2. The topological polar surface area (TPSA) is 86.3 Å². The number of hydrogen-bond donors (Lipinski definition) is 1. The molecule has 0 radical (unpaired) electrons. The van der Waals surface area contributed by atoms with Gasteiger partial charge in [-0.2, -0.15) is 23.4 Å². The fourth-order valence-corrected chi connectivity index (χ4v) is 4.10. The first-order chi connectivity index (χ1) is 16.2. The van der Waals surface area contributed by atoms with Crippen LogP contribution in [0.1, 0.15) is 35.4 Å². The van der Waals surface area contributed by atoms with E-state index in [0.717, 1.165) is 29.2 Å². The van der Waals surface area contributed by atoms with Crippen molar-refractivity contribution in [2.45, 2.75) is 46.3 Å². The van der Waals surface area contributed by atoms with E-state index in [4.69, 9.17) is 5.10 Å². The molecule has 0 aromatic carbocycles. The maximum Gasteiger partial charge on any atom is 0.419 e. The molecule has 4 aromatic rings. The van der Waals surface area contributed by atoms with Gasteiger partial charge in [-0.15, -0.1) is 0 Å². The quantitative estimate of drug-likeness (QED) is 0.428. The van der Waals surface area contributed by atoms with Gasteiger partial charge in [0.15, 0.2) is 5.82 Å². The first-order valence-corrected chi connectivity index (χ1v) is 10.9. The average molecular weight is 468 g/mol. The van der Waals surface area contributed by atoms with E-state index in [1.54, 1.807) is 18.5 Å².